The number of para-hydroxylation sites is 1. The molecule has 6 nitrogen and oxygen atoms in total. The van der Waals surface area contributed by atoms with E-state index in [1.807, 2.05) is 6.07 Å². The zero-order chi connectivity index (χ0) is 23.4. The lowest BCUT2D eigenvalue weighted by atomic mass is 9.99. The van der Waals surface area contributed by atoms with E-state index >= 15 is 0 Å². The number of nitrogens with zero attached hydrogens (tertiary/aromatic N) is 2. The van der Waals surface area contributed by atoms with Crippen LogP contribution in [0.5, 0.6) is 11.6 Å². The summed E-state index contributed by atoms with van der Waals surface area (Å²) < 4.78 is 7.67. The highest BCUT2D eigenvalue weighted by atomic mass is 35.5. The number of ketones is 1. The lowest BCUT2D eigenvalue weighted by Gasteiger charge is -2.09. The van der Waals surface area contributed by atoms with E-state index in [2.05, 4.69) is 4.98 Å². The van der Waals surface area contributed by atoms with E-state index in [0.29, 0.717) is 43.3 Å². The summed E-state index contributed by atoms with van der Waals surface area (Å²) >= 11 is 13.6. The number of rotatable bonds is 4. The predicted molar refractivity (Wildman–Crippen MR) is 129 cm³/mol. The third-order valence-corrected chi connectivity index (χ3v) is 6.86. The molecule has 2 N–H and O–H groups in total. The molecule has 0 radical (unpaired) electrons. The molecule has 3 aromatic heterocycles. The number of aromatic hydroxyl groups is 2. The Morgan fingerprint density at radius 2 is 1.82 bits per heavy atom. The molecule has 0 aliphatic rings. The molecule has 0 atom stereocenters. The first-order chi connectivity index (χ1) is 15.8. The van der Waals surface area contributed by atoms with E-state index in [-0.39, 0.29) is 11.3 Å². The Bertz CT molecular complexity index is 1550. The maximum absolute atomic E-state index is 13.6. The molecule has 5 rings (SSSR count). The average Bonchev–Trinajstić information content (AvgIpc) is 3.43. The van der Waals surface area contributed by atoms with Gasteiger partial charge in [0.1, 0.15) is 17.0 Å². The first-order valence-electron chi connectivity index (χ1n) is 9.86. The highest BCUT2D eigenvalue weighted by Gasteiger charge is 2.32. The fraction of sp³-hybridized carbons (Fsp3) is 0.0833. The fourth-order valence-corrected chi connectivity index (χ4v) is 5.22. The fourth-order valence-electron chi connectivity index (χ4n) is 3.82. The minimum atomic E-state index is -0.548. The Kier molecular flexibility index (Phi) is 5.20. The van der Waals surface area contributed by atoms with E-state index in [1.165, 1.54) is 15.9 Å². The second-order valence-corrected chi connectivity index (χ2v) is 9.33. The molecule has 2 aromatic carbocycles. The number of aryl methyl sites for hydroxylation is 2. The standard InChI is InChI=1S/C24H16Cl2N2O4S/c1-11-10-15(12(2)32-11)21(29)18-20(13-6-8-14(25)9-7-13)28(23(31)22(18)30)24-27-19-16(26)4-3-5-17(19)33-24/h3-10,30-31H,1-2H3. The minimum Gasteiger partial charge on any atom is -0.503 e. The summed E-state index contributed by atoms with van der Waals surface area (Å²) in [6.07, 6.45) is 0. The normalized spacial score (nSPS) is 11.4. The third-order valence-electron chi connectivity index (χ3n) is 5.30. The number of thiazole rings is 1. The molecule has 0 unspecified atom stereocenters. The van der Waals surface area contributed by atoms with Crippen molar-refractivity contribution in [3.8, 4) is 28.0 Å². The van der Waals surface area contributed by atoms with Gasteiger partial charge in [-0.1, -0.05) is 52.7 Å². The van der Waals surface area contributed by atoms with Gasteiger partial charge in [0.05, 0.1) is 26.5 Å². The molecule has 0 fully saturated rings. The number of fused-ring (bicyclic) bond motifs is 1. The summed E-state index contributed by atoms with van der Waals surface area (Å²) in [6, 6.07) is 13.7. The Morgan fingerprint density at radius 1 is 1.09 bits per heavy atom. The molecule has 0 aliphatic heterocycles. The molecule has 9 heteroatoms. The van der Waals surface area contributed by atoms with Crippen molar-refractivity contribution in [2.75, 3.05) is 0 Å². The molecular weight excluding hydrogens is 483 g/mol. The monoisotopic (exact) mass is 498 g/mol. The highest BCUT2D eigenvalue weighted by Crippen LogP contribution is 2.46. The number of benzene rings is 2. The highest BCUT2D eigenvalue weighted by molar-refractivity contribution is 7.21. The topological polar surface area (TPSA) is 88.5 Å². The van der Waals surface area contributed by atoms with Crippen LogP contribution >= 0.6 is 34.5 Å². The minimum absolute atomic E-state index is 0.0657. The molecule has 5 aromatic rings. The Morgan fingerprint density at radius 3 is 2.45 bits per heavy atom. The van der Waals surface area contributed by atoms with Crippen molar-refractivity contribution >= 4 is 50.5 Å². The lowest BCUT2D eigenvalue weighted by molar-refractivity contribution is 0.103. The molecular formula is C24H16Cl2N2O4S. The maximum Gasteiger partial charge on any atom is 0.242 e. The van der Waals surface area contributed by atoms with Crippen molar-refractivity contribution < 1.29 is 19.4 Å². The number of furan rings is 1. The van der Waals surface area contributed by atoms with Gasteiger partial charge < -0.3 is 14.6 Å². The predicted octanol–water partition coefficient (Wildman–Crippen LogP) is 6.91. The zero-order valence-electron chi connectivity index (χ0n) is 17.4. The van der Waals surface area contributed by atoms with Crippen LogP contribution in [0.1, 0.15) is 27.4 Å². The number of carbonyl (C=O) groups is 1. The summed E-state index contributed by atoms with van der Waals surface area (Å²) in [7, 11) is 0. The van der Waals surface area contributed by atoms with Gasteiger partial charge in [-0.15, -0.1) is 0 Å². The van der Waals surface area contributed by atoms with E-state index in [4.69, 9.17) is 27.6 Å². The van der Waals surface area contributed by atoms with Crippen LogP contribution < -0.4 is 0 Å². The van der Waals surface area contributed by atoms with E-state index in [1.54, 1.807) is 56.3 Å². The van der Waals surface area contributed by atoms with Gasteiger partial charge >= 0.3 is 0 Å². The first-order valence-corrected chi connectivity index (χ1v) is 11.4. The summed E-state index contributed by atoms with van der Waals surface area (Å²) in [4.78, 5) is 18.2. The van der Waals surface area contributed by atoms with Gasteiger partial charge in [0.25, 0.3) is 0 Å². The van der Waals surface area contributed by atoms with E-state index in [0.717, 1.165) is 4.70 Å². The molecule has 0 amide bonds. The van der Waals surface area contributed by atoms with Crippen molar-refractivity contribution in [3.05, 3.63) is 81.2 Å². The van der Waals surface area contributed by atoms with Crippen molar-refractivity contribution in [2.24, 2.45) is 0 Å². The van der Waals surface area contributed by atoms with Gasteiger partial charge in [0, 0.05) is 5.02 Å². The number of aromatic nitrogens is 2. The summed E-state index contributed by atoms with van der Waals surface area (Å²) in [5.74, 6) is -0.560. The third kappa shape index (κ3) is 3.49. The van der Waals surface area contributed by atoms with Gasteiger partial charge in [-0.25, -0.2) is 4.98 Å². The van der Waals surface area contributed by atoms with Crippen LogP contribution in [0.25, 0.3) is 26.6 Å². The van der Waals surface area contributed by atoms with Gasteiger partial charge in [-0.05, 0) is 49.7 Å². The SMILES string of the molecule is Cc1cc(C(=O)c2c(O)c(O)n(-c3nc4c(Cl)cccc4s3)c2-c2ccc(Cl)cc2)c(C)o1. The van der Waals surface area contributed by atoms with Crippen LogP contribution in [-0.2, 0) is 0 Å². The summed E-state index contributed by atoms with van der Waals surface area (Å²) in [6.45, 7) is 3.41. The van der Waals surface area contributed by atoms with Crippen molar-refractivity contribution in [1.29, 1.82) is 0 Å². The number of carbonyl (C=O) groups excluding carboxylic acids is 1. The molecule has 0 aliphatic carbocycles. The van der Waals surface area contributed by atoms with Gasteiger partial charge in [-0.2, -0.15) is 0 Å². The molecule has 0 saturated heterocycles. The van der Waals surface area contributed by atoms with Crippen LogP contribution in [0.15, 0.2) is 52.9 Å². The Hall–Kier alpha value is -3.26. The number of hydrogen-bond donors (Lipinski definition) is 2. The van der Waals surface area contributed by atoms with E-state index < -0.39 is 17.4 Å². The van der Waals surface area contributed by atoms with Crippen LogP contribution in [-0.4, -0.2) is 25.5 Å². The average molecular weight is 499 g/mol. The van der Waals surface area contributed by atoms with Crippen LogP contribution in [0.4, 0.5) is 0 Å². The first kappa shape index (κ1) is 21.6. The smallest absolute Gasteiger partial charge is 0.242 e. The van der Waals surface area contributed by atoms with E-state index in [9.17, 15) is 15.0 Å². The van der Waals surface area contributed by atoms with Crippen molar-refractivity contribution in [1.82, 2.24) is 9.55 Å². The molecule has 33 heavy (non-hydrogen) atoms. The second kappa shape index (κ2) is 7.95. The zero-order valence-corrected chi connectivity index (χ0v) is 19.7. The van der Waals surface area contributed by atoms with Gasteiger partial charge in [-0.3, -0.25) is 9.36 Å². The summed E-state index contributed by atoms with van der Waals surface area (Å²) in [5.41, 5.74) is 1.62. The van der Waals surface area contributed by atoms with Crippen LogP contribution in [0.2, 0.25) is 10.0 Å². The van der Waals surface area contributed by atoms with Crippen molar-refractivity contribution in [3.63, 3.8) is 0 Å². The molecule has 0 spiro atoms. The van der Waals surface area contributed by atoms with Crippen LogP contribution in [0.3, 0.4) is 0 Å². The summed E-state index contributed by atoms with van der Waals surface area (Å²) in [5, 5.41) is 23.2. The van der Waals surface area contributed by atoms with Crippen LogP contribution in [0, 0.1) is 13.8 Å². The molecule has 0 bridgehead atoms. The lowest BCUT2D eigenvalue weighted by Crippen LogP contribution is -2.05. The van der Waals surface area contributed by atoms with Gasteiger partial charge in [0.15, 0.2) is 10.9 Å². The Labute approximate surface area is 202 Å². The molecule has 3 heterocycles. The molecule has 0 saturated carbocycles. The Balaban J connectivity index is 1.83. The molecule has 166 valence electrons. The van der Waals surface area contributed by atoms with Gasteiger partial charge in [0.2, 0.25) is 11.7 Å². The largest absolute Gasteiger partial charge is 0.503 e. The quantitative estimate of drug-likeness (QED) is 0.262. The van der Waals surface area contributed by atoms with Crippen molar-refractivity contribution in [2.45, 2.75) is 13.8 Å². The second-order valence-electron chi connectivity index (χ2n) is 7.48. The number of halogens is 2. The number of hydrogen-bond acceptors (Lipinski definition) is 6. The maximum atomic E-state index is 13.6.